The number of piperazine rings is 1. The van der Waals surface area contributed by atoms with Gasteiger partial charge in [-0.25, -0.2) is 14.0 Å². The molecule has 0 atom stereocenters. The largest absolute Gasteiger partial charge is 0.453 e. The minimum Gasteiger partial charge on any atom is -0.453 e. The van der Waals surface area contributed by atoms with E-state index in [2.05, 4.69) is 20.3 Å². The van der Waals surface area contributed by atoms with Gasteiger partial charge < -0.3 is 19.5 Å². The van der Waals surface area contributed by atoms with E-state index >= 15 is 0 Å². The fourth-order valence-corrected chi connectivity index (χ4v) is 2.80. The van der Waals surface area contributed by atoms with E-state index in [0.717, 1.165) is 0 Å². The van der Waals surface area contributed by atoms with Gasteiger partial charge in [-0.05, 0) is 6.07 Å². The first-order chi connectivity index (χ1) is 13.1. The van der Waals surface area contributed by atoms with Crippen LogP contribution in [0.3, 0.4) is 0 Å². The van der Waals surface area contributed by atoms with Gasteiger partial charge in [0, 0.05) is 44.4 Å². The molecule has 0 spiro atoms. The summed E-state index contributed by atoms with van der Waals surface area (Å²) >= 11 is 0. The van der Waals surface area contributed by atoms with E-state index in [4.69, 9.17) is 4.74 Å². The number of methoxy groups -OCH3 is 1. The van der Waals surface area contributed by atoms with Gasteiger partial charge in [0.2, 0.25) is 0 Å². The van der Waals surface area contributed by atoms with Gasteiger partial charge in [-0.15, -0.1) is 0 Å². The lowest BCUT2D eigenvalue weighted by atomic mass is 10.1. The summed E-state index contributed by atoms with van der Waals surface area (Å²) in [4.78, 5) is 27.1. The molecule has 3 amide bonds. The Morgan fingerprint density at radius 3 is 2.67 bits per heavy atom. The molecule has 1 aromatic heterocycles. The summed E-state index contributed by atoms with van der Waals surface area (Å²) in [5, 5.41) is 8.45. The first-order valence-electron chi connectivity index (χ1n) is 8.38. The molecule has 1 aliphatic heterocycles. The van der Waals surface area contributed by atoms with Gasteiger partial charge in [-0.3, -0.25) is 10.2 Å². The number of halogens is 1. The van der Waals surface area contributed by atoms with E-state index in [-0.39, 0.29) is 17.6 Å². The van der Waals surface area contributed by atoms with Gasteiger partial charge >= 0.3 is 12.1 Å². The molecule has 144 valence electrons. The molecule has 27 heavy (non-hydrogen) atoms. The molecule has 1 aliphatic rings. The third-order valence-electron chi connectivity index (χ3n) is 4.21. The smallest absolute Gasteiger partial charge is 0.409 e. The highest BCUT2D eigenvalue weighted by Crippen LogP contribution is 2.20. The van der Waals surface area contributed by atoms with Crippen molar-refractivity contribution in [1.29, 1.82) is 0 Å². The van der Waals surface area contributed by atoms with Gasteiger partial charge in [0.05, 0.1) is 12.8 Å². The molecular formula is C17H20FN5O4. The number of rotatable bonds is 4. The van der Waals surface area contributed by atoms with Gasteiger partial charge in [-0.2, -0.15) is 0 Å². The number of carbonyl (C=O) groups is 2. The zero-order chi connectivity index (χ0) is 19.2. The summed E-state index contributed by atoms with van der Waals surface area (Å²) in [5.74, 6) is -0.268. The molecule has 10 heteroatoms. The maximum Gasteiger partial charge on any atom is 0.409 e. The van der Waals surface area contributed by atoms with Gasteiger partial charge in [0.15, 0.2) is 11.6 Å². The number of ether oxygens (including phenoxy) is 1. The first kappa shape index (κ1) is 18.6. The molecule has 0 unspecified atom stereocenters. The quantitative estimate of drug-likeness (QED) is 0.848. The standard InChI is InChI=1S/C17H20FN5O4/c1-26-17(25)23-8-6-22(7-9-23)11-12-3-2-4-13(15(12)18)19-16(24)20-14-5-10-27-21-14/h2-5,10H,6-9,11H2,1H3,(H2,19,20,21,24). The molecular weight excluding hydrogens is 357 g/mol. The van der Waals surface area contributed by atoms with Crippen molar-refractivity contribution in [3.63, 3.8) is 0 Å². The normalized spacial score (nSPS) is 14.7. The number of anilines is 2. The van der Waals surface area contributed by atoms with Gasteiger partial charge in [-0.1, -0.05) is 17.3 Å². The zero-order valence-electron chi connectivity index (χ0n) is 14.8. The van der Waals surface area contributed by atoms with Crippen LogP contribution in [0, 0.1) is 5.82 Å². The average molecular weight is 377 g/mol. The number of amides is 3. The summed E-state index contributed by atoms with van der Waals surface area (Å²) < 4.78 is 24.1. The minimum absolute atomic E-state index is 0.0710. The lowest BCUT2D eigenvalue weighted by Crippen LogP contribution is -2.48. The number of nitrogens with one attached hydrogen (secondary N) is 2. The molecule has 1 saturated heterocycles. The van der Waals surface area contributed by atoms with Crippen molar-refractivity contribution in [3.8, 4) is 0 Å². The van der Waals surface area contributed by atoms with E-state index in [0.29, 0.717) is 38.3 Å². The SMILES string of the molecule is COC(=O)N1CCN(Cc2cccc(NC(=O)Nc3ccon3)c2F)CC1. The van der Waals surface area contributed by atoms with Gasteiger partial charge in [0.25, 0.3) is 0 Å². The Morgan fingerprint density at radius 2 is 2.00 bits per heavy atom. The number of hydrogen-bond acceptors (Lipinski definition) is 6. The first-order valence-corrected chi connectivity index (χ1v) is 8.38. The van der Waals surface area contributed by atoms with Gasteiger partial charge in [0.1, 0.15) is 6.26 Å². The van der Waals surface area contributed by atoms with Crippen LogP contribution in [0.4, 0.5) is 25.5 Å². The van der Waals surface area contributed by atoms with E-state index in [1.54, 1.807) is 17.0 Å². The zero-order valence-corrected chi connectivity index (χ0v) is 14.8. The highest BCUT2D eigenvalue weighted by molar-refractivity contribution is 5.99. The predicted molar refractivity (Wildman–Crippen MR) is 94.8 cm³/mol. The van der Waals surface area contributed by atoms with Crippen LogP contribution in [0.15, 0.2) is 35.1 Å². The summed E-state index contributed by atoms with van der Waals surface area (Å²) in [6, 6.07) is 5.68. The van der Waals surface area contributed by atoms with Crippen molar-refractivity contribution < 1.29 is 23.2 Å². The topological polar surface area (TPSA) is 99.9 Å². The van der Waals surface area contributed by atoms with E-state index < -0.39 is 11.8 Å². The molecule has 0 radical (unpaired) electrons. The van der Waals surface area contributed by atoms with Crippen LogP contribution in [0.2, 0.25) is 0 Å². The Labute approximate surface area is 155 Å². The molecule has 9 nitrogen and oxygen atoms in total. The second kappa shape index (κ2) is 8.49. The highest BCUT2D eigenvalue weighted by Gasteiger charge is 2.22. The number of benzene rings is 1. The molecule has 1 aromatic carbocycles. The highest BCUT2D eigenvalue weighted by atomic mass is 19.1. The van der Waals surface area contributed by atoms with Crippen molar-refractivity contribution in [1.82, 2.24) is 15.0 Å². The van der Waals surface area contributed by atoms with Crippen LogP contribution in [0.1, 0.15) is 5.56 Å². The molecule has 2 aromatic rings. The maximum absolute atomic E-state index is 14.7. The fraction of sp³-hybridized carbons (Fsp3) is 0.353. The lowest BCUT2D eigenvalue weighted by Gasteiger charge is -2.33. The summed E-state index contributed by atoms with van der Waals surface area (Å²) in [5.41, 5.74) is 0.530. The molecule has 3 rings (SSSR count). The Hall–Kier alpha value is -3.14. The molecule has 2 N–H and O–H groups in total. The van der Waals surface area contributed by atoms with Crippen molar-refractivity contribution >= 4 is 23.6 Å². The van der Waals surface area contributed by atoms with Crippen LogP contribution in [-0.4, -0.2) is 60.4 Å². The molecule has 1 fully saturated rings. The predicted octanol–water partition coefficient (Wildman–Crippen LogP) is 2.34. The monoisotopic (exact) mass is 377 g/mol. The van der Waals surface area contributed by atoms with Crippen LogP contribution < -0.4 is 10.6 Å². The van der Waals surface area contributed by atoms with E-state index in [1.807, 2.05) is 4.90 Å². The van der Waals surface area contributed by atoms with E-state index in [9.17, 15) is 14.0 Å². The summed E-state index contributed by atoms with van der Waals surface area (Å²) in [6.07, 6.45) is 0.960. The number of carbonyl (C=O) groups excluding carboxylic acids is 2. The number of hydrogen-bond donors (Lipinski definition) is 2. The Bertz CT molecular complexity index is 791. The fourth-order valence-electron chi connectivity index (χ4n) is 2.80. The van der Waals surface area contributed by atoms with Crippen molar-refractivity contribution in [2.75, 3.05) is 43.9 Å². The lowest BCUT2D eigenvalue weighted by molar-refractivity contribution is 0.0885. The Kier molecular flexibility index (Phi) is 5.87. The second-order valence-electron chi connectivity index (χ2n) is 5.98. The van der Waals surface area contributed by atoms with Crippen molar-refractivity contribution in [3.05, 3.63) is 41.9 Å². The van der Waals surface area contributed by atoms with Crippen LogP contribution >= 0.6 is 0 Å². The summed E-state index contributed by atoms with van der Waals surface area (Å²) in [7, 11) is 1.35. The van der Waals surface area contributed by atoms with Crippen molar-refractivity contribution in [2.24, 2.45) is 0 Å². The van der Waals surface area contributed by atoms with Crippen LogP contribution in [0.5, 0.6) is 0 Å². The number of aromatic nitrogens is 1. The molecule has 0 aliphatic carbocycles. The Balaban J connectivity index is 1.58. The number of urea groups is 1. The third-order valence-corrected chi connectivity index (χ3v) is 4.21. The molecule has 2 heterocycles. The Morgan fingerprint density at radius 1 is 1.22 bits per heavy atom. The van der Waals surface area contributed by atoms with Crippen LogP contribution in [-0.2, 0) is 11.3 Å². The third kappa shape index (κ3) is 4.73. The van der Waals surface area contributed by atoms with E-state index in [1.165, 1.54) is 25.5 Å². The van der Waals surface area contributed by atoms with Crippen molar-refractivity contribution in [2.45, 2.75) is 6.54 Å². The van der Waals surface area contributed by atoms with Crippen LogP contribution in [0.25, 0.3) is 0 Å². The molecule has 0 bridgehead atoms. The minimum atomic E-state index is -0.619. The number of nitrogens with zero attached hydrogens (tertiary/aromatic N) is 3. The summed E-state index contributed by atoms with van der Waals surface area (Å²) in [6.45, 7) is 2.64. The maximum atomic E-state index is 14.7. The second-order valence-corrected chi connectivity index (χ2v) is 5.98. The molecule has 0 saturated carbocycles. The average Bonchev–Trinajstić information content (AvgIpc) is 3.18.